The Hall–Kier alpha value is -3.02. The van der Waals surface area contributed by atoms with Crippen LogP contribution >= 0.6 is 0 Å². The van der Waals surface area contributed by atoms with Crippen LogP contribution in [0.1, 0.15) is 23.8 Å². The third kappa shape index (κ3) is 4.97. The summed E-state index contributed by atoms with van der Waals surface area (Å²) >= 11 is 0. The minimum Gasteiger partial charge on any atom is -0.467 e. The smallest absolute Gasteiger partial charge is 0.191 e. The van der Waals surface area contributed by atoms with E-state index in [1.54, 1.807) is 12.5 Å². The van der Waals surface area contributed by atoms with Crippen LogP contribution in [0.4, 0.5) is 0 Å². The summed E-state index contributed by atoms with van der Waals surface area (Å²) in [5.74, 6) is 1.65. The first-order valence-corrected chi connectivity index (χ1v) is 8.44. The molecule has 0 bridgehead atoms. The minimum absolute atomic E-state index is 0.602. The van der Waals surface area contributed by atoms with Gasteiger partial charge in [0.15, 0.2) is 5.96 Å². The number of aliphatic imine (C=N–C) groups is 1. The highest BCUT2D eigenvalue weighted by Gasteiger charge is 2.04. The van der Waals surface area contributed by atoms with Gasteiger partial charge in [0.25, 0.3) is 0 Å². The van der Waals surface area contributed by atoms with Crippen molar-refractivity contribution in [3.8, 4) is 0 Å². The Morgan fingerprint density at radius 2 is 2.00 bits per heavy atom. The molecule has 3 rings (SSSR count). The van der Waals surface area contributed by atoms with Crippen LogP contribution in [0.3, 0.4) is 0 Å². The Labute approximate surface area is 147 Å². The molecule has 0 spiro atoms. The zero-order valence-electron chi connectivity index (χ0n) is 14.4. The molecule has 3 aromatic rings. The van der Waals surface area contributed by atoms with E-state index >= 15 is 0 Å². The maximum atomic E-state index is 5.35. The molecule has 0 aliphatic rings. The molecule has 0 amide bonds. The normalized spacial score (nSPS) is 11.5. The summed E-state index contributed by atoms with van der Waals surface area (Å²) in [6.07, 6.45) is 5.43. The van der Waals surface area contributed by atoms with Gasteiger partial charge in [-0.05, 0) is 36.2 Å². The average Bonchev–Trinajstić information content (AvgIpc) is 3.32. The van der Waals surface area contributed by atoms with Gasteiger partial charge >= 0.3 is 0 Å². The van der Waals surface area contributed by atoms with E-state index in [2.05, 4.69) is 34.8 Å². The van der Waals surface area contributed by atoms with E-state index in [4.69, 9.17) is 9.41 Å². The fraction of sp³-hybridized carbons (Fsp3) is 0.263. The number of guanidine groups is 1. The van der Waals surface area contributed by atoms with Gasteiger partial charge in [0.1, 0.15) is 5.76 Å². The molecular weight excluding hydrogens is 314 g/mol. The lowest BCUT2D eigenvalue weighted by molar-refractivity contribution is 0.501. The number of benzene rings is 1. The third-order valence-electron chi connectivity index (χ3n) is 3.77. The van der Waals surface area contributed by atoms with Crippen LogP contribution in [0.15, 0.2) is 70.5 Å². The van der Waals surface area contributed by atoms with Crippen molar-refractivity contribution in [3.63, 3.8) is 0 Å². The van der Waals surface area contributed by atoms with Crippen LogP contribution < -0.4 is 10.6 Å². The van der Waals surface area contributed by atoms with Gasteiger partial charge < -0.3 is 15.1 Å². The van der Waals surface area contributed by atoms with Crippen molar-refractivity contribution < 1.29 is 4.42 Å². The summed E-state index contributed by atoms with van der Waals surface area (Å²) in [4.78, 5) is 4.70. The minimum atomic E-state index is 0.602. The van der Waals surface area contributed by atoms with Gasteiger partial charge in [0.05, 0.1) is 25.9 Å². The van der Waals surface area contributed by atoms with Crippen molar-refractivity contribution in [2.75, 3.05) is 6.54 Å². The first-order chi connectivity index (χ1) is 12.3. The fourth-order valence-electron chi connectivity index (χ4n) is 2.52. The first-order valence-electron chi connectivity index (χ1n) is 8.44. The van der Waals surface area contributed by atoms with Crippen molar-refractivity contribution >= 4 is 5.96 Å². The van der Waals surface area contributed by atoms with E-state index in [-0.39, 0.29) is 0 Å². The number of aromatic nitrogens is 2. The van der Waals surface area contributed by atoms with Gasteiger partial charge in [0.2, 0.25) is 0 Å². The average molecular weight is 337 g/mol. The van der Waals surface area contributed by atoms with Gasteiger partial charge in [0, 0.05) is 18.9 Å². The third-order valence-corrected chi connectivity index (χ3v) is 3.77. The second-order valence-corrected chi connectivity index (χ2v) is 5.60. The molecule has 6 nitrogen and oxygen atoms in total. The Balaban J connectivity index is 1.67. The lowest BCUT2D eigenvalue weighted by Gasteiger charge is -2.12. The number of nitrogens with zero attached hydrogens (tertiary/aromatic N) is 3. The van der Waals surface area contributed by atoms with Crippen molar-refractivity contribution in [2.45, 2.75) is 26.6 Å². The van der Waals surface area contributed by atoms with Gasteiger partial charge in [-0.2, -0.15) is 5.10 Å². The monoisotopic (exact) mass is 337 g/mol. The summed E-state index contributed by atoms with van der Waals surface area (Å²) in [6, 6.07) is 14.1. The summed E-state index contributed by atoms with van der Waals surface area (Å²) in [5, 5.41) is 10.8. The van der Waals surface area contributed by atoms with E-state index in [9.17, 15) is 0 Å². The first kappa shape index (κ1) is 16.8. The van der Waals surface area contributed by atoms with Crippen LogP contribution in [0, 0.1) is 0 Å². The molecule has 0 fully saturated rings. The summed E-state index contributed by atoms with van der Waals surface area (Å²) in [6.45, 7) is 4.81. The lowest BCUT2D eigenvalue weighted by atomic mass is 10.1. The standard InChI is InChI=1S/C19H23N5O/c1-2-20-19(22-14-18-9-5-12-25-18)21-13-16-7-3-4-8-17(16)15-24-11-6-10-23-24/h3-12H,2,13-15H2,1H3,(H2,20,21,22). The van der Waals surface area contributed by atoms with E-state index in [0.29, 0.717) is 13.1 Å². The Morgan fingerprint density at radius 1 is 1.12 bits per heavy atom. The highest BCUT2D eigenvalue weighted by atomic mass is 16.3. The molecule has 0 saturated heterocycles. The second kappa shape index (κ2) is 8.73. The van der Waals surface area contributed by atoms with E-state index in [1.807, 2.05) is 41.2 Å². The molecule has 130 valence electrons. The topological polar surface area (TPSA) is 67.4 Å². The van der Waals surface area contributed by atoms with E-state index in [1.165, 1.54) is 11.1 Å². The van der Waals surface area contributed by atoms with Crippen molar-refractivity contribution in [1.82, 2.24) is 20.4 Å². The summed E-state index contributed by atoms with van der Waals surface area (Å²) in [5.41, 5.74) is 2.41. The number of hydrogen-bond acceptors (Lipinski definition) is 3. The Bertz CT molecular complexity index is 778. The molecular formula is C19H23N5O. The largest absolute Gasteiger partial charge is 0.467 e. The van der Waals surface area contributed by atoms with Gasteiger partial charge in [-0.3, -0.25) is 4.68 Å². The maximum Gasteiger partial charge on any atom is 0.191 e. The number of nitrogens with one attached hydrogen (secondary N) is 2. The molecule has 1 aromatic carbocycles. The molecule has 0 unspecified atom stereocenters. The van der Waals surface area contributed by atoms with E-state index in [0.717, 1.165) is 24.8 Å². The number of hydrogen-bond donors (Lipinski definition) is 2. The van der Waals surface area contributed by atoms with Crippen molar-refractivity contribution in [3.05, 3.63) is 78.0 Å². The zero-order chi connectivity index (χ0) is 17.3. The zero-order valence-corrected chi connectivity index (χ0v) is 14.4. The molecule has 0 aliphatic heterocycles. The molecule has 0 aliphatic carbocycles. The fourth-order valence-corrected chi connectivity index (χ4v) is 2.52. The molecule has 2 N–H and O–H groups in total. The summed E-state index contributed by atoms with van der Waals surface area (Å²) < 4.78 is 7.27. The van der Waals surface area contributed by atoms with Gasteiger partial charge in [-0.15, -0.1) is 0 Å². The van der Waals surface area contributed by atoms with Crippen LogP contribution in [-0.4, -0.2) is 22.3 Å². The van der Waals surface area contributed by atoms with Crippen LogP contribution in [0.2, 0.25) is 0 Å². The molecule has 2 heterocycles. The Kier molecular flexibility index (Phi) is 5.87. The van der Waals surface area contributed by atoms with Crippen molar-refractivity contribution in [1.29, 1.82) is 0 Å². The second-order valence-electron chi connectivity index (χ2n) is 5.60. The van der Waals surface area contributed by atoms with Crippen LogP contribution in [-0.2, 0) is 19.6 Å². The van der Waals surface area contributed by atoms with Crippen LogP contribution in [0.5, 0.6) is 0 Å². The Morgan fingerprint density at radius 3 is 2.72 bits per heavy atom. The predicted octanol–water partition coefficient (Wildman–Crippen LogP) is 2.78. The molecule has 6 heteroatoms. The van der Waals surface area contributed by atoms with Crippen molar-refractivity contribution in [2.24, 2.45) is 4.99 Å². The van der Waals surface area contributed by atoms with Crippen LogP contribution in [0.25, 0.3) is 0 Å². The molecule has 0 saturated carbocycles. The molecule has 25 heavy (non-hydrogen) atoms. The van der Waals surface area contributed by atoms with Gasteiger partial charge in [-0.25, -0.2) is 4.99 Å². The quantitative estimate of drug-likeness (QED) is 0.514. The molecule has 2 aromatic heterocycles. The van der Waals surface area contributed by atoms with E-state index < -0.39 is 0 Å². The highest BCUT2D eigenvalue weighted by molar-refractivity contribution is 5.79. The number of furan rings is 1. The number of rotatable bonds is 7. The van der Waals surface area contributed by atoms with Gasteiger partial charge in [-0.1, -0.05) is 24.3 Å². The molecule has 0 radical (unpaired) electrons. The lowest BCUT2D eigenvalue weighted by Crippen LogP contribution is -2.36. The predicted molar refractivity (Wildman–Crippen MR) is 98.1 cm³/mol. The molecule has 0 atom stereocenters. The summed E-state index contributed by atoms with van der Waals surface area (Å²) in [7, 11) is 0. The highest BCUT2D eigenvalue weighted by Crippen LogP contribution is 2.11. The SMILES string of the molecule is CCNC(=NCc1ccccc1Cn1cccn1)NCc1ccco1. The maximum absolute atomic E-state index is 5.35.